The molecule has 1 radical (unpaired) electrons. The van der Waals surface area contributed by atoms with Gasteiger partial charge in [-0.1, -0.05) is 11.2 Å². The van der Waals surface area contributed by atoms with Crippen LogP contribution in [0.2, 0.25) is 0 Å². The van der Waals surface area contributed by atoms with Crippen LogP contribution in [0.4, 0.5) is 5.69 Å². The molecule has 2 aromatic rings. The molecule has 0 spiro atoms. The molecule has 3 nitrogen and oxygen atoms in total. The van der Waals surface area contributed by atoms with E-state index >= 15 is 0 Å². The summed E-state index contributed by atoms with van der Waals surface area (Å²) >= 11 is 0. The lowest BCUT2D eigenvalue weighted by Crippen LogP contribution is -2.10. The third-order valence-corrected chi connectivity index (χ3v) is 2.26. The fourth-order valence-electron chi connectivity index (χ4n) is 1.53. The second-order valence-electron chi connectivity index (χ2n) is 3.63. The predicted molar refractivity (Wildman–Crippen MR) is 60.7 cm³/mol. The lowest BCUT2D eigenvalue weighted by molar-refractivity contribution is 0.422. The van der Waals surface area contributed by atoms with Crippen LogP contribution >= 0.6 is 0 Å². The predicted octanol–water partition coefficient (Wildman–Crippen LogP) is 2.59. The average molecular weight is 201 g/mol. The smallest absolute Gasteiger partial charge is 0.124 e. The Morgan fingerprint density at radius 2 is 2.07 bits per heavy atom. The van der Waals surface area contributed by atoms with Crippen molar-refractivity contribution in [3.63, 3.8) is 0 Å². The maximum absolute atomic E-state index is 4.85. The van der Waals surface area contributed by atoms with Gasteiger partial charge in [0, 0.05) is 31.4 Å². The fourth-order valence-corrected chi connectivity index (χ4v) is 1.53. The minimum absolute atomic E-state index is 0.837. The molecule has 0 saturated carbocycles. The van der Waals surface area contributed by atoms with Crippen LogP contribution in [0.15, 0.2) is 35.1 Å². The molecule has 0 unspecified atom stereocenters. The summed E-state index contributed by atoms with van der Waals surface area (Å²) in [6.07, 6.45) is 1.57. The number of rotatable bonds is 2. The van der Waals surface area contributed by atoms with E-state index in [0.29, 0.717) is 0 Å². The fraction of sp³-hybridized carbons (Fsp3) is 0.167. The SMILES string of the molecule is [CH2]c1ccc(N(C)C)c(-c2ccon2)c1. The lowest BCUT2D eigenvalue weighted by Gasteiger charge is -2.16. The van der Waals surface area contributed by atoms with Gasteiger partial charge < -0.3 is 9.42 Å². The van der Waals surface area contributed by atoms with Crippen molar-refractivity contribution in [2.45, 2.75) is 0 Å². The van der Waals surface area contributed by atoms with E-state index in [2.05, 4.69) is 12.1 Å². The summed E-state index contributed by atoms with van der Waals surface area (Å²) in [6.45, 7) is 3.91. The van der Waals surface area contributed by atoms with Crippen LogP contribution in [0, 0.1) is 6.92 Å². The maximum atomic E-state index is 4.85. The van der Waals surface area contributed by atoms with Gasteiger partial charge in [-0.2, -0.15) is 0 Å². The number of anilines is 1. The van der Waals surface area contributed by atoms with Crippen LogP contribution in [0.25, 0.3) is 11.3 Å². The van der Waals surface area contributed by atoms with Crippen molar-refractivity contribution >= 4 is 5.69 Å². The Morgan fingerprint density at radius 1 is 1.27 bits per heavy atom. The van der Waals surface area contributed by atoms with E-state index in [1.807, 2.05) is 43.3 Å². The van der Waals surface area contributed by atoms with Crippen LogP contribution in [-0.2, 0) is 0 Å². The van der Waals surface area contributed by atoms with Gasteiger partial charge in [-0.05, 0) is 24.6 Å². The highest BCUT2D eigenvalue weighted by Crippen LogP contribution is 2.29. The molecule has 2 rings (SSSR count). The first-order valence-corrected chi connectivity index (χ1v) is 4.72. The van der Waals surface area contributed by atoms with Crippen molar-refractivity contribution in [1.29, 1.82) is 0 Å². The van der Waals surface area contributed by atoms with E-state index < -0.39 is 0 Å². The Hall–Kier alpha value is -1.77. The summed E-state index contributed by atoms with van der Waals surface area (Å²) in [4.78, 5) is 2.05. The molecule has 0 fully saturated rings. The number of aromatic nitrogens is 1. The van der Waals surface area contributed by atoms with Gasteiger partial charge >= 0.3 is 0 Å². The largest absolute Gasteiger partial charge is 0.377 e. The highest BCUT2D eigenvalue weighted by molar-refractivity contribution is 5.76. The van der Waals surface area contributed by atoms with E-state index in [4.69, 9.17) is 4.52 Å². The molecule has 1 heterocycles. The van der Waals surface area contributed by atoms with Crippen molar-refractivity contribution in [3.05, 3.63) is 43.0 Å². The molecule has 0 aliphatic carbocycles. The van der Waals surface area contributed by atoms with Gasteiger partial charge in [0.25, 0.3) is 0 Å². The number of hydrogen-bond donors (Lipinski definition) is 0. The van der Waals surface area contributed by atoms with E-state index in [9.17, 15) is 0 Å². The molecule has 1 aromatic carbocycles. The quantitative estimate of drug-likeness (QED) is 0.747. The molecule has 0 amide bonds. The van der Waals surface area contributed by atoms with E-state index in [1.54, 1.807) is 6.26 Å². The summed E-state index contributed by atoms with van der Waals surface area (Å²) in [5.74, 6) is 0. The molecule has 1 aromatic heterocycles. The van der Waals surface area contributed by atoms with Crippen LogP contribution in [-0.4, -0.2) is 19.3 Å². The van der Waals surface area contributed by atoms with Crippen molar-refractivity contribution in [1.82, 2.24) is 5.16 Å². The molecule has 15 heavy (non-hydrogen) atoms. The van der Waals surface area contributed by atoms with Crippen molar-refractivity contribution in [3.8, 4) is 11.3 Å². The van der Waals surface area contributed by atoms with Gasteiger partial charge in [-0.3, -0.25) is 0 Å². The zero-order valence-corrected chi connectivity index (χ0v) is 8.90. The van der Waals surface area contributed by atoms with Crippen molar-refractivity contribution < 1.29 is 4.52 Å². The Kier molecular flexibility index (Phi) is 2.46. The van der Waals surface area contributed by atoms with Gasteiger partial charge in [-0.15, -0.1) is 0 Å². The van der Waals surface area contributed by atoms with Crippen LogP contribution < -0.4 is 4.90 Å². The van der Waals surface area contributed by atoms with Gasteiger partial charge in [0.05, 0.1) is 0 Å². The monoisotopic (exact) mass is 201 g/mol. The number of hydrogen-bond acceptors (Lipinski definition) is 3. The molecule has 0 aliphatic rings. The summed E-state index contributed by atoms with van der Waals surface area (Å²) in [5.41, 5.74) is 3.96. The highest BCUT2D eigenvalue weighted by atomic mass is 16.5. The number of nitrogens with zero attached hydrogens (tertiary/aromatic N) is 2. The molecule has 3 heteroatoms. The maximum Gasteiger partial charge on any atom is 0.124 e. The van der Waals surface area contributed by atoms with Gasteiger partial charge in [-0.25, -0.2) is 0 Å². The summed E-state index contributed by atoms with van der Waals surface area (Å²) in [7, 11) is 4.00. The van der Waals surface area contributed by atoms with E-state index in [0.717, 1.165) is 22.5 Å². The van der Waals surface area contributed by atoms with E-state index in [1.165, 1.54) is 0 Å². The first kappa shape index (κ1) is 9.77. The van der Waals surface area contributed by atoms with Gasteiger partial charge in [0.15, 0.2) is 0 Å². The van der Waals surface area contributed by atoms with Crippen molar-refractivity contribution in [2.75, 3.05) is 19.0 Å². The number of benzene rings is 1. The molecule has 0 atom stereocenters. The third-order valence-electron chi connectivity index (χ3n) is 2.26. The Morgan fingerprint density at radius 3 is 2.67 bits per heavy atom. The average Bonchev–Trinajstić information content (AvgIpc) is 2.69. The van der Waals surface area contributed by atoms with E-state index in [-0.39, 0.29) is 0 Å². The highest BCUT2D eigenvalue weighted by Gasteiger charge is 2.09. The second-order valence-corrected chi connectivity index (χ2v) is 3.63. The third kappa shape index (κ3) is 1.86. The lowest BCUT2D eigenvalue weighted by atomic mass is 10.1. The Labute approximate surface area is 89.3 Å². The standard InChI is InChI=1S/C12H13N2O/c1-9-4-5-12(14(2)3)10(8-9)11-6-7-15-13-11/h4-8H,1H2,2-3H3. The molecule has 0 N–H and O–H groups in total. The zero-order chi connectivity index (χ0) is 10.8. The Balaban J connectivity index is 2.58. The first-order valence-electron chi connectivity index (χ1n) is 4.72. The summed E-state index contributed by atoms with van der Waals surface area (Å²) in [5, 5.41) is 3.94. The molecule has 0 saturated heterocycles. The van der Waals surface area contributed by atoms with Gasteiger partial charge in [0.1, 0.15) is 12.0 Å². The topological polar surface area (TPSA) is 29.3 Å². The minimum Gasteiger partial charge on any atom is -0.377 e. The summed E-state index contributed by atoms with van der Waals surface area (Å²) < 4.78 is 4.85. The molecular formula is C12H13N2O. The van der Waals surface area contributed by atoms with Crippen LogP contribution in [0.3, 0.4) is 0 Å². The molecule has 77 valence electrons. The second kappa shape index (κ2) is 3.77. The minimum atomic E-state index is 0.837. The molecule has 0 bridgehead atoms. The summed E-state index contributed by atoms with van der Waals surface area (Å²) in [6, 6.07) is 7.88. The van der Waals surface area contributed by atoms with Crippen LogP contribution in [0.1, 0.15) is 5.56 Å². The van der Waals surface area contributed by atoms with Crippen LogP contribution in [0.5, 0.6) is 0 Å². The zero-order valence-electron chi connectivity index (χ0n) is 8.90. The Bertz CT molecular complexity index is 447. The van der Waals surface area contributed by atoms with Gasteiger partial charge in [0.2, 0.25) is 0 Å². The molecular weight excluding hydrogens is 188 g/mol. The van der Waals surface area contributed by atoms with Crippen molar-refractivity contribution in [2.24, 2.45) is 0 Å². The normalized spacial score (nSPS) is 10.3. The molecule has 0 aliphatic heterocycles. The first-order chi connectivity index (χ1) is 7.18.